The molecular formula is C13H20N2O2. The van der Waals surface area contributed by atoms with Crippen LogP contribution in [0.4, 0.5) is 5.69 Å². The number of nitrogens with one attached hydrogen (secondary N) is 1. The molecule has 2 N–H and O–H groups in total. The van der Waals surface area contributed by atoms with Crippen molar-refractivity contribution in [1.29, 1.82) is 0 Å². The summed E-state index contributed by atoms with van der Waals surface area (Å²) in [4.78, 5) is 15.0. The van der Waals surface area contributed by atoms with Gasteiger partial charge >= 0.3 is 5.97 Å². The molecule has 0 aliphatic heterocycles. The van der Waals surface area contributed by atoms with Gasteiger partial charge in [-0.2, -0.15) is 0 Å². The molecule has 1 aromatic rings. The normalized spacial score (nSPS) is 10.6. The van der Waals surface area contributed by atoms with E-state index in [4.69, 9.17) is 5.11 Å². The maximum atomic E-state index is 11.0. The Balaban J connectivity index is 2.81. The van der Waals surface area contributed by atoms with Crippen molar-refractivity contribution >= 4 is 11.7 Å². The van der Waals surface area contributed by atoms with Crippen molar-refractivity contribution in [3.63, 3.8) is 0 Å². The number of hydrogen-bond acceptors (Lipinski definition) is 3. The van der Waals surface area contributed by atoms with Gasteiger partial charge in [-0.3, -0.25) is 4.98 Å². The predicted octanol–water partition coefficient (Wildman–Crippen LogP) is 2.94. The molecule has 0 atom stereocenters. The van der Waals surface area contributed by atoms with Gasteiger partial charge in [0.1, 0.15) is 5.56 Å². The highest BCUT2D eigenvalue weighted by molar-refractivity contribution is 5.93. The molecule has 1 aromatic heterocycles. The number of aromatic carboxylic acids is 1. The second-order valence-corrected chi connectivity index (χ2v) is 4.24. The SMILES string of the molecule is CCC(CC)CNc1cc(C)ncc1C(=O)O. The van der Waals surface area contributed by atoms with Gasteiger partial charge in [-0.1, -0.05) is 26.7 Å². The molecule has 0 aromatic carbocycles. The number of carboxylic acids is 1. The van der Waals surface area contributed by atoms with E-state index in [1.54, 1.807) is 6.07 Å². The zero-order chi connectivity index (χ0) is 12.8. The highest BCUT2D eigenvalue weighted by Crippen LogP contribution is 2.17. The molecular weight excluding hydrogens is 216 g/mol. The Labute approximate surface area is 102 Å². The number of pyridine rings is 1. The zero-order valence-electron chi connectivity index (χ0n) is 10.7. The van der Waals surface area contributed by atoms with Crippen LogP contribution in [0.3, 0.4) is 0 Å². The van der Waals surface area contributed by atoms with E-state index in [1.807, 2.05) is 6.92 Å². The summed E-state index contributed by atoms with van der Waals surface area (Å²) < 4.78 is 0. The van der Waals surface area contributed by atoms with Crippen LogP contribution in [-0.4, -0.2) is 22.6 Å². The van der Waals surface area contributed by atoms with E-state index in [0.29, 0.717) is 11.6 Å². The average Bonchev–Trinajstić information content (AvgIpc) is 2.30. The number of carbonyl (C=O) groups is 1. The predicted molar refractivity (Wildman–Crippen MR) is 68.5 cm³/mol. The van der Waals surface area contributed by atoms with E-state index < -0.39 is 5.97 Å². The molecule has 0 bridgehead atoms. The second kappa shape index (κ2) is 6.23. The third-order valence-electron chi connectivity index (χ3n) is 3.01. The fraction of sp³-hybridized carbons (Fsp3) is 0.538. The fourth-order valence-corrected chi connectivity index (χ4v) is 1.71. The van der Waals surface area contributed by atoms with Gasteiger partial charge in [0.2, 0.25) is 0 Å². The lowest BCUT2D eigenvalue weighted by atomic mass is 10.0. The van der Waals surface area contributed by atoms with E-state index >= 15 is 0 Å². The lowest BCUT2D eigenvalue weighted by Gasteiger charge is -2.15. The minimum Gasteiger partial charge on any atom is -0.478 e. The molecule has 0 saturated heterocycles. The lowest BCUT2D eigenvalue weighted by Crippen LogP contribution is -2.15. The van der Waals surface area contributed by atoms with Crippen LogP contribution < -0.4 is 5.32 Å². The van der Waals surface area contributed by atoms with Crippen molar-refractivity contribution in [2.75, 3.05) is 11.9 Å². The first-order valence-electron chi connectivity index (χ1n) is 6.02. The van der Waals surface area contributed by atoms with E-state index in [1.165, 1.54) is 6.20 Å². The van der Waals surface area contributed by atoms with Crippen LogP contribution in [0.2, 0.25) is 0 Å². The van der Waals surface area contributed by atoms with E-state index in [9.17, 15) is 4.79 Å². The molecule has 4 nitrogen and oxygen atoms in total. The summed E-state index contributed by atoms with van der Waals surface area (Å²) >= 11 is 0. The number of hydrogen-bond donors (Lipinski definition) is 2. The number of aromatic nitrogens is 1. The van der Waals surface area contributed by atoms with Crippen molar-refractivity contribution in [2.24, 2.45) is 5.92 Å². The number of nitrogens with zero attached hydrogens (tertiary/aromatic N) is 1. The molecule has 0 amide bonds. The highest BCUT2D eigenvalue weighted by Gasteiger charge is 2.12. The Bertz CT molecular complexity index is 387. The zero-order valence-corrected chi connectivity index (χ0v) is 10.7. The Morgan fingerprint density at radius 1 is 1.47 bits per heavy atom. The highest BCUT2D eigenvalue weighted by atomic mass is 16.4. The van der Waals surface area contributed by atoms with E-state index in [-0.39, 0.29) is 5.56 Å². The van der Waals surface area contributed by atoms with Crippen LogP contribution in [0.5, 0.6) is 0 Å². The summed E-state index contributed by atoms with van der Waals surface area (Å²) in [5, 5.41) is 12.3. The van der Waals surface area contributed by atoms with Crippen LogP contribution in [0.25, 0.3) is 0 Å². The van der Waals surface area contributed by atoms with Crippen LogP contribution in [0.15, 0.2) is 12.3 Å². The number of aryl methyl sites for hydroxylation is 1. The Hall–Kier alpha value is -1.58. The minimum absolute atomic E-state index is 0.238. The maximum Gasteiger partial charge on any atom is 0.339 e. The van der Waals surface area contributed by atoms with E-state index in [2.05, 4.69) is 24.1 Å². The van der Waals surface area contributed by atoms with Crippen LogP contribution in [0.1, 0.15) is 42.7 Å². The van der Waals surface area contributed by atoms with Gasteiger partial charge in [0.15, 0.2) is 0 Å². The Kier molecular flexibility index (Phi) is 4.94. The van der Waals surface area contributed by atoms with Gasteiger partial charge in [-0.05, 0) is 18.9 Å². The molecule has 0 saturated carbocycles. The fourth-order valence-electron chi connectivity index (χ4n) is 1.71. The van der Waals surface area contributed by atoms with Gasteiger partial charge in [-0.25, -0.2) is 4.79 Å². The summed E-state index contributed by atoms with van der Waals surface area (Å²) in [7, 11) is 0. The summed E-state index contributed by atoms with van der Waals surface area (Å²) in [6, 6.07) is 1.78. The van der Waals surface area contributed by atoms with Gasteiger partial charge in [-0.15, -0.1) is 0 Å². The molecule has 94 valence electrons. The summed E-state index contributed by atoms with van der Waals surface area (Å²) in [6.07, 6.45) is 3.60. The monoisotopic (exact) mass is 236 g/mol. The van der Waals surface area contributed by atoms with Crippen molar-refractivity contribution in [2.45, 2.75) is 33.6 Å². The summed E-state index contributed by atoms with van der Waals surface area (Å²) in [5.41, 5.74) is 1.72. The lowest BCUT2D eigenvalue weighted by molar-refractivity contribution is 0.0697. The van der Waals surface area contributed by atoms with Crippen LogP contribution in [-0.2, 0) is 0 Å². The third kappa shape index (κ3) is 3.73. The van der Waals surface area contributed by atoms with Crippen molar-refractivity contribution in [3.05, 3.63) is 23.5 Å². The maximum absolute atomic E-state index is 11.0. The largest absolute Gasteiger partial charge is 0.478 e. The second-order valence-electron chi connectivity index (χ2n) is 4.24. The number of rotatable bonds is 6. The Morgan fingerprint density at radius 2 is 2.12 bits per heavy atom. The molecule has 0 unspecified atom stereocenters. The molecule has 0 radical (unpaired) electrons. The molecule has 1 heterocycles. The number of anilines is 1. The van der Waals surface area contributed by atoms with Crippen LogP contribution >= 0.6 is 0 Å². The first kappa shape index (κ1) is 13.5. The van der Waals surface area contributed by atoms with Crippen molar-refractivity contribution < 1.29 is 9.90 Å². The van der Waals surface area contributed by atoms with E-state index in [0.717, 1.165) is 25.1 Å². The van der Waals surface area contributed by atoms with Crippen molar-refractivity contribution in [3.8, 4) is 0 Å². The molecule has 17 heavy (non-hydrogen) atoms. The van der Waals surface area contributed by atoms with Crippen LogP contribution in [0, 0.1) is 12.8 Å². The quantitative estimate of drug-likeness (QED) is 0.797. The molecule has 0 aliphatic rings. The van der Waals surface area contributed by atoms with Gasteiger partial charge in [0.05, 0.1) is 5.69 Å². The standard InChI is InChI=1S/C13H20N2O2/c1-4-10(5-2)7-15-12-6-9(3)14-8-11(12)13(16)17/h6,8,10H,4-5,7H2,1-3H3,(H,14,15)(H,16,17). The first-order valence-corrected chi connectivity index (χ1v) is 6.02. The molecule has 0 aliphatic carbocycles. The summed E-state index contributed by atoms with van der Waals surface area (Å²) in [5.74, 6) is -0.366. The minimum atomic E-state index is -0.940. The van der Waals surface area contributed by atoms with Gasteiger partial charge in [0.25, 0.3) is 0 Å². The van der Waals surface area contributed by atoms with Gasteiger partial charge < -0.3 is 10.4 Å². The Morgan fingerprint density at radius 3 is 2.65 bits per heavy atom. The summed E-state index contributed by atoms with van der Waals surface area (Å²) in [6.45, 7) is 6.95. The van der Waals surface area contributed by atoms with Crippen molar-refractivity contribution in [1.82, 2.24) is 4.98 Å². The molecule has 0 fully saturated rings. The first-order chi connectivity index (χ1) is 8.08. The third-order valence-corrected chi connectivity index (χ3v) is 3.01. The average molecular weight is 236 g/mol. The molecule has 0 spiro atoms. The van der Waals surface area contributed by atoms with Gasteiger partial charge in [0, 0.05) is 18.4 Å². The molecule has 1 rings (SSSR count). The topological polar surface area (TPSA) is 62.2 Å². The number of carboxylic acid groups (broad SMARTS) is 1. The smallest absolute Gasteiger partial charge is 0.339 e. The molecule has 4 heteroatoms.